The van der Waals surface area contributed by atoms with E-state index in [9.17, 15) is 4.79 Å². The van der Waals surface area contributed by atoms with Gasteiger partial charge in [-0.25, -0.2) is 9.78 Å². The molecule has 1 N–H and O–H groups in total. The molecule has 0 amide bonds. The maximum atomic E-state index is 11.5. The largest absolute Gasteiger partial charge is 0.465 e. The summed E-state index contributed by atoms with van der Waals surface area (Å²) in [5.41, 5.74) is 5.65. The lowest BCUT2D eigenvalue weighted by Crippen LogP contribution is -2.00. The maximum Gasteiger partial charge on any atom is 0.337 e. The van der Waals surface area contributed by atoms with Gasteiger partial charge in [-0.15, -0.1) is 0 Å². The number of carbonyl (C=O) groups excluding carboxylic acids is 1. The van der Waals surface area contributed by atoms with Gasteiger partial charge in [-0.2, -0.15) is 0 Å². The summed E-state index contributed by atoms with van der Waals surface area (Å²) in [6.07, 6.45) is 4.05. The highest BCUT2D eigenvalue weighted by Gasteiger charge is 2.05. The number of methoxy groups -OCH3 is 1. The topological polar surface area (TPSA) is 55.0 Å². The molecule has 1 heterocycles. The highest BCUT2D eigenvalue weighted by Crippen LogP contribution is 2.22. The van der Waals surface area contributed by atoms with Gasteiger partial charge < -0.3 is 9.72 Å². The third-order valence-corrected chi connectivity index (χ3v) is 4.35. The van der Waals surface area contributed by atoms with Crippen molar-refractivity contribution in [2.75, 3.05) is 7.11 Å². The third kappa shape index (κ3) is 3.65. The second-order valence-corrected chi connectivity index (χ2v) is 6.17. The Balaban J connectivity index is 1.57. The molecule has 132 valence electrons. The number of aromatic nitrogens is 2. The van der Waals surface area contributed by atoms with Crippen LogP contribution in [0.4, 0.5) is 0 Å². The Kier molecular flexibility index (Phi) is 4.54. The summed E-state index contributed by atoms with van der Waals surface area (Å²) in [5, 5.41) is 0. The summed E-state index contributed by atoms with van der Waals surface area (Å²) in [5.74, 6) is 0.526. The molecule has 3 aromatic carbocycles. The molecule has 4 aromatic rings. The molecule has 0 aliphatic heterocycles. The van der Waals surface area contributed by atoms with Crippen LogP contribution in [0.2, 0.25) is 0 Å². The van der Waals surface area contributed by atoms with Crippen LogP contribution in [0.1, 0.15) is 21.5 Å². The molecule has 0 bridgehead atoms. The minimum atomic E-state index is -0.330. The number of aromatic amines is 1. The van der Waals surface area contributed by atoms with Gasteiger partial charge in [0, 0.05) is 5.56 Å². The van der Waals surface area contributed by atoms with E-state index in [1.54, 1.807) is 12.1 Å². The summed E-state index contributed by atoms with van der Waals surface area (Å²) in [7, 11) is 1.38. The van der Waals surface area contributed by atoms with E-state index in [0.29, 0.717) is 5.56 Å². The molecule has 1 aromatic heterocycles. The first kappa shape index (κ1) is 16.8. The Morgan fingerprint density at radius 2 is 1.70 bits per heavy atom. The van der Waals surface area contributed by atoms with Crippen molar-refractivity contribution in [1.82, 2.24) is 9.97 Å². The highest BCUT2D eigenvalue weighted by molar-refractivity contribution is 5.89. The predicted octanol–water partition coefficient (Wildman–Crippen LogP) is 5.19. The molecule has 27 heavy (non-hydrogen) atoms. The summed E-state index contributed by atoms with van der Waals surface area (Å²) in [4.78, 5) is 19.5. The number of rotatable bonds is 4. The second kappa shape index (κ2) is 7.30. The number of imidazole rings is 1. The van der Waals surface area contributed by atoms with Crippen LogP contribution in [0.25, 0.3) is 34.6 Å². The fourth-order valence-corrected chi connectivity index (χ4v) is 2.92. The van der Waals surface area contributed by atoms with Crippen molar-refractivity contribution in [1.29, 1.82) is 0 Å². The first-order valence-electron chi connectivity index (χ1n) is 8.64. The summed E-state index contributed by atoms with van der Waals surface area (Å²) < 4.78 is 4.72. The average molecular weight is 354 g/mol. The number of esters is 1. The van der Waals surface area contributed by atoms with E-state index in [0.717, 1.165) is 33.5 Å². The van der Waals surface area contributed by atoms with E-state index in [-0.39, 0.29) is 5.97 Å². The van der Waals surface area contributed by atoms with Crippen LogP contribution in [0, 0.1) is 0 Å². The molecule has 4 rings (SSSR count). The van der Waals surface area contributed by atoms with Gasteiger partial charge in [0.1, 0.15) is 5.82 Å². The van der Waals surface area contributed by atoms with Gasteiger partial charge in [0.15, 0.2) is 0 Å². The quantitative estimate of drug-likeness (QED) is 0.405. The zero-order chi connectivity index (χ0) is 18.6. The molecule has 0 aliphatic rings. The lowest BCUT2D eigenvalue weighted by molar-refractivity contribution is 0.0600. The summed E-state index contributed by atoms with van der Waals surface area (Å²) >= 11 is 0. The van der Waals surface area contributed by atoms with E-state index in [4.69, 9.17) is 4.74 Å². The molecule has 0 radical (unpaired) electrons. The Bertz CT molecular complexity index is 1090. The summed E-state index contributed by atoms with van der Waals surface area (Å²) in [6, 6.07) is 23.5. The zero-order valence-corrected chi connectivity index (χ0v) is 14.8. The van der Waals surface area contributed by atoms with E-state index in [2.05, 4.69) is 16.0 Å². The molecule has 0 spiro atoms. The normalized spacial score (nSPS) is 11.1. The van der Waals surface area contributed by atoms with Crippen molar-refractivity contribution in [3.05, 3.63) is 89.5 Å². The fraction of sp³-hybridized carbons (Fsp3) is 0.0435. The lowest BCUT2D eigenvalue weighted by atomic mass is 10.1. The molecule has 0 unspecified atom stereocenters. The van der Waals surface area contributed by atoms with Crippen LogP contribution in [0.15, 0.2) is 72.8 Å². The average Bonchev–Trinajstić information content (AvgIpc) is 3.17. The summed E-state index contributed by atoms with van der Waals surface area (Å²) in [6.45, 7) is 0. The van der Waals surface area contributed by atoms with Crippen LogP contribution < -0.4 is 0 Å². The Hall–Kier alpha value is -3.66. The number of ether oxygens (including phenoxy) is 1. The van der Waals surface area contributed by atoms with Crippen LogP contribution >= 0.6 is 0 Å². The van der Waals surface area contributed by atoms with Gasteiger partial charge >= 0.3 is 5.97 Å². The minimum Gasteiger partial charge on any atom is -0.465 e. The van der Waals surface area contributed by atoms with Gasteiger partial charge in [-0.05, 0) is 41.5 Å². The molecule has 0 saturated heterocycles. The van der Waals surface area contributed by atoms with Crippen molar-refractivity contribution in [3.8, 4) is 11.4 Å². The van der Waals surface area contributed by atoms with Gasteiger partial charge in [0.2, 0.25) is 0 Å². The van der Waals surface area contributed by atoms with Crippen LogP contribution in [0.5, 0.6) is 0 Å². The van der Waals surface area contributed by atoms with Crippen molar-refractivity contribution in [2.45, 2.75) is 0 Å². The molecular weight excluding hydrogens is 336 g/mol. The second-order valence-electron chi connectivity index (χ2n) is 6.17. The Morgan fingerprint density at radius 1 is 0.926 bits per heavy atom. The number of nitrogens with zero attached hydrogens (tertiary/aromatic N) is 1. The van der Waals surface area contributed by atoms with E-state index < -0.39 is 0 Å². The number of benzene rings is 3. The Labute approximate surface area is 157 Å². The molecule has 0 fully saturated rings. The first-order chi connectivity index (χ1) is 13.2. The standard InChI is InChI=1S/C23H18N2O2/c1-27-23(26)18-13-11-16(12-14-18)9-10-17-5-4-6-19(15-17)22-24-20-7-2-3-8-21(20)25-22/h2-15H,1H3,(H,24,25). The number of hydrogen-bond donors (Lipinski definition) is 1. The monoisotopic (exact) mass is 354 g/mol. The number of fused-ring (bicyclic) bond motifs is 1. The highest BCUT2D eigenvalue weighted by atomic mass is 16.5. The number of hydrogen-bond acceptors (Lipinski definition) is 3. The van der Waals surface area contributed by atoms with E-state index in [1.165, 1.54) is 7.11 Å². The first-order valence-corrected chi connectivity index (χ1v) is 8.64. The third-order valence-electron chi connectivity index (χ3n) is 4.35. The number of nitrogens with one attached hydrogen (secondary N) is 1. The number of H-pyrrole nitrogens is 1. The van der Waals surface area contributed by atoms with Crippen molar-refractivity contribution >= 4 is 29.2 Å². The van der Waals surface area contributed by atoms with Crippen molar-refractivity contribution < 1.29 is 9.53 Å². The fourth-order valence-electron chi connectivity index (χ4n) is 2.92. The van der Waals surface area contributed by atoms with Gasteiger partial charge in [0.25, 0.3) is 0 Å². The molecule has 0 saturated carbocycles. The smallest absolute Gasteiger partial charge is 0.337 e. The number of carbonyl (C=O) groups is 1. The minimum absolute atomic E-state index is 0.330. The van der Waals surface area contributed by atoms with Crippen LogP contribution in [0.3, 0.4) is 0 Å². The van der Waals surface area contributed by atoms with Crippen molar-refractivity contribution in [2.24, 2.45) is 0 Å². The maximum absolute atomic E-state index is 11.5. The van der Waals surface area contributed by atoms with Crippen LogP contribution in [-0.4, -0.2) is 23.0 Å². The van der Waals surface area contributed by atoms with Gasteiger partial charge in [-0.3, -0.25) is 0 Å². The number of para-hydroxylation sites is 2. The van der Waals surface area contributed by atoms with Crippen molar-refractivity contribution in [3.63, 3.8) is 0 Å². The van der Waals surface area contributed by atoms with Gasteiger partial charge in [-0.1, -0.05) is 54.6 Å². The SMILES string of the molecule is COC(=O)c1ccc(C=Cc2cccc(-c3nc4ccccc4[nH]3)c2)cc1. The predicted molar refractivity (Wildman–Crippen MR) is 108 cm³/mol. The molecular formula is C23H18N2O2. The Morgan fingerprint density at radius 3 is 2.48 bits per heavy atom. The molecule has 0 atom stereocenters. The van der Waals surface area contributed by atoms with E-state index >= 15 is 0 Å². The molecule has 0 aliphatic carbocycles. The van der Waals surface area contributed by atoms with E-state index in [1.807, 2.05) is 66.7 Å². The lowest BCUT2D eigenvalue weighted by Gasteiger charge is -2.01. The molecule has 4 heteroatoms. The molecule has 4 nitrogen and oxygen atoms in total. The van der Waals surface area contributed by atoms with Crippen LogP contribution in [-0.2, 0) is 4.74 Å². The zero-order valence-electron chi connectivity index (χ0n) is 14.8. The van der Waals surface area contributed by atoms with Gasteiger partial charge in [0.05, 0.1) is 23.7 Å².